The average Bonchev–Trinajstić information content (AvgIpc) is 2.19. The molecule has 1 aromatic carbocycles. The standard InChI is InChI=1S/C10H15NO2S/c1-13-7-9(11)8-14(12)10-5-3-2-4-6-10/h2-6,9H,7-8,11H2,1H3. The first-order valence-corrected chi connectivity index (χ1v) is 5.74. The number of methoxy groups -OCH3 is 1. The van der Waals surface area contributed by atoms with E-state index >= 15 is 0 Å². The van der Waals surface area contributed by atoms with Gasteiger partial charge in [-0.3, -0.25) is 4.21 Å². The normalized spacial score (nSPS) is 15.0. The molecule has 3 nitrogen and oxygen atoms in total. The van der Waals surface area contributed by atoms with Crippen LogP contribution in [0.25, 0.3) is 0 Å². The van der Waals surface area contributed by atoms with Crippen LogP contribution in [-0.2, 0) is 15.5 Å². The van der Waals surface area contributed by atoms with Gasteiger partial charge in [0.2, 0.25) is 0 Å². The fourth-order valence-electron chi connectivity index (χ4n) is 1.13. The van der Waals surface area contributed by atoms with E-state index in [4.69, 9.17) is 10.5 Å². The summed E-state index contributed by atoms with van der Waals surface area (Å²) in [6, 6.07) is 9.16. The Morgan fingerprint density at radius 2 is 2.07 bits per heavy atom. The molecule has 2 N–H and O–H groups in total. The monoisotopic (exact) mass is 213 g/mol. The van der Waals surface area contributed by atoms with E-state index < -0.39 is 10.8 Å². The van der Waals surface area contributed by atoms with Gasteiger partial charge in [0.05, 0.1) is 17.4 Å². The number of hydrogen-bond acceptors (Lipinski definition) is 3. The Balaban J connectivity index is 2.51. The highest BCUT2D eigenvalue weighted by Gasteiger charge is 2.09. The second-order valence-electron chi connectivity index (χ2n) is 3.04. The maximum Gasteiger partial charge on any atom is 0.0622 e. The van der Waals surface area contributed by atoms with Gasteiger partial charge in [-0.1, -0.05) is 18.2 Å². The van der Waals surface area contributed by atoms with Gasteiger partial charge >= 0.3 is 0 Å². The van der Waals surface area contributed by atoms with Crippen molar-refractivity contribution in [2.24, 2.45) is 5.73 Å². The lowest BCUT2D eigenvalue weighted by Crippen LogP contribution is -2.31. The van der Waals surface area contributed by atoms with Gasteiger partial charge in [-0.05, 0) is 12.1 Å². The largest absolute Gasteiger partial charge is 0.383 e. The minimum Gasteiger partial charge on any atom is -0.383 e. The van der Waals surface area contributed by atoms with Crippen LogP contribution >= 0.6 is 0 Å². The van der Waals surface area contributed by atoms with Crippen LogP contribution in [0.2, 0.25) is 0 Å². The Morgan fingerprint density at radius 3 is 2.64 bits per heavy atom. The van der Waals surface area contributed by atoms with E-state index in [0.29, 0.717) is 12.4 Å². The molecule has 0 aromatic heterocycles. The summed E-state index contributed by atoms with van der Waals surface area (Å²) in [6.07, 6.45) is 0. The quantitative estimate of drug-likeness (QED) is 0.786. The zero-order valence-electron chi connectivity index (χ0n) is 8.18. The molecule has 0 aliphatic rings. The lowest BCUT2D eigenvalue weighted by Gasteiger charge is -2.09. The topological polar surface area (TPSA) is 52.3 Å². The summed E-state index contributed by atoms with van der Waals surface area (Å²) >= 11 is 0. The third-order valence-electron chi connectivity index (χ3n) is 1.75. The first-order valence-electron chi connectivity index (χ1n) is 4.42. The van der Waals surface area contributed by atoms with Crippen molar-refractivity contribution in [2.45, 2.75) is 10.9 Å². The molecule has 2 atom stereocenters. The van der Waals surface area contributed by atoms with Gasteiger partial charge in [0.15, 0.2) is 0 Å². The molecule has 0 saturated heterocycles. The lowest BCUT2D eigenvalue weighted by atomic mass is 10.4. The molecule has 0 bridgehead atoms. The number of hydrogen-bond donors (Lipinski definition) is 1. The molecule has 1 rings (SSSR count). The van der Waals surface area contributed by atoms with Gasteiger partial charge in [0, 0.05) is 23.8 Å². The molecule has 4 heteroatoms. The molecule has 0 amide bonds. The van der Waals surface area contributed by atoms with E-state index in [1.807, 2.05) is 30.3 Å². The van der Waals surface area contributed by atoms with Gasteiger partial charge < -0.3 is 10.5 Å². The van der Waals surface area contributed by atoms with E-state index in [1.165, 1.54) is 0 Å². The first-order chi connectivity index (χ1) is 6.74. The van der Waals surface area contributed by atoms with Crippen LogP contribution in [-0.4, -0.2) is 29.7 Å². The third kappa shape index (κ3) is 3.57. The van der Waals surface area contributed by atoms with Crippen LogP contribution in [0.3, 0.4) is 0 Å². The molecule has 14 heavy (non-hydrogen) atoms. The van der Waals surface area contributed by atoms with Gasteiger partial charge in [-0.25, -0.2) is 0 Å². The summed E-state index contributed by atoms with van der Waals surface area (Å²) in [6.45, 7) is 0.443. The Kier molecular flexibility index (Phi) is 4.79. The zero-order valence-corrected chi connectivity index (χ0v) is 9.00. The van der Waals surface area contributed by atoms with Gasteiger partial charge in [-0.15, -0.1) is 0 Å². The highest BCUT2D eigenvalue weighted by Crippen LogP contribution is 2.06. The minimum atomic E-state index is -1.02. The van der Waals surface area contributed by atoms with Crippen molar-refractivity contribution in [1.82, 2.24) is 0 Å². The molecule has 0 heterocycles. The highest BCUT2D eigenvalue weighted by molar-refractivity contribution is 7.85. The number of ether oxygens (including phenoxy) is 1. The van der Waals surface area contributed by atoms with Gasteiger partial charge in [-0.2, -0.15) is 0 Å². The van der Waals surface area contributed by atoms with E-state index in [-0.39, 0.29) is 6.04 Å². The van der Waals surface area contributed by atoms with Crippen LogP contribution < -0.4 is 5.73 Å². The number of rotatable bonds is 5. The van der Waals surface area contributed by atoms with Crippen molar-refractivity contribution in [2.75, 3.05) is 19.5 Å². The third-order valence-corrected chi connectivity index (χ3v) is 3.28. The van der Waals surface area contributed by atoms with E-state index in [1.54, 1.807) is 7.11 Å². The second-order valence-corrected chi connectivity index (χ2v) is 4.54. The summed E-state index contributed by atoms with van der Waals surface area (Å²) in [5.74, 6) is 0.442. The van der Waals surface area contributed by atoms with Crippen molar-refractivity contribution in [3.05, 3.63) is 30.3 Å². The van der Waals surface area contributed by atoms with Crippen LogP contribution in [0.4, 0.5) is 0 Å². The zero-order chi connectivity index (χ0) is 10.4. The summed E-state index contributed by atoms with van der Waals surface area (Å²) in [5.41, 5.74) is 5.70. The van der Waals surface area contributed by atoms with Crippen LogP contribution in [0.5, 0.6) is 0 Å². The number of nitrogens with two attached hydrogens (primary N) is 1. The van der Waals surface area contributed by atoms with Crippen molar-refractivity contribution in [3.8, 4) is 0 Å². The fraction of sp³-hybridized carbons (Fsp3) is 0.400. The Hall–Kier alpha value is -0.710. The molecular weight excluding hydrogens is 198 g/mol. The van der Waals surface area contributed by atoms with Crippen LogP contribution in [0, 0.1) is 0 Å². The summed E-state index contributed by atoms with van der Waals surface area (Å²) in [4.78, 5) is 0.819. The lowest BCUT2D eigenvalue weighted by molar-refractivity contribution is 0.186. The molecule has 2 unspecified atom stereocenters. The van der Waals surface area contributed by atoms with Crippen molar-refractivity contribution < 1.29 is 8.95 Å². The molecule has 0 spiro atoms. The van der Waals surface area contributed by atoms with Crippen molar-refractivity contribution >= 4 is 10.8 Å². The molecule has 0 fully saturated rings. The molecular formula is C10H15NO2S. The van der Waals surface area contributed by atoms with Crippen LogP contribution in [0.1, 0.15) is 0 Å². The maximum absolute atomic E-state index is 11.7. The minimum absolute atomic E-state index is 0.166. The van der Waals surface area contributed by atoms with Gasteiger partial charge in [0.25, 0.3) is 0 Å². The van der Waals surface area contributed by atoms with Gasteiger partial charge in [0.1, 0.15) is 0 Å². The molecule has 78 valence electrons. The highest BCUT2D eigenvalue weighted by atomic mass is 32.2. The van der Waals surface area contributed by atoms with Crippen molar-refractivity contribution in [1.29, 1.82) is 0 Å². The summed E-state index contributed by atoms with van der Waals surface area (Å²) in [7, 11) is 0.569. The molecule has 0 radical (unpaired) electrons. The smallest absolute Gasteiger partial charge is 0.0622 e. The van der Waals surface area contributed by atoms with E-state index in [9.17, 15) is 4.21 Å². The molecule has 0 aliphatic heterocycles. The Bertz CT molecular complexity index is 289. The first kappa shape index (κ1) is 11.4. The predicted molar refractivity (Wildman–Crippen MR) is 57.6 cm³/mol. The SMILES string of the molecule is COCC(N)CS(=O)c1ccccc1. The Morgan fingerprint density at radius 1 is 1.43 bits per heavy atom. The number of benzene rings is 1. The molecule has 1 aromatic rings. The fourth-order valence-corrected chi connectivity index (χ4v) is 2.26. The summed E-state index contributed by atoms with van der Waals surface area (Å²) < 4.78 is 16.6. The molecule has 0 saturated carbocycles. The molecule has 0 aliphatic carbocycles. The predicted octanol–water partition coefficient (Wildman–Crippen LogP) is 0.768. The van der Waals surface area contributed by atoms with E-state index in [2.05, 4.69) is 0 Å². The Labute approximate surface area is 86.7 Å². The second kappa shape index (κ2) is 5.90. The van der Waals surface area contributed by atoms with Crippen molar-refractivity contribution in [3.63, 3.8) is 0 Å². The van der Waals surface area contributed by atoms with E-state index in [0.717, 1.165) is 4.90 Å². The maximum atomic E-state index is 11.7. The van der Waals surface area contributed by atoms with Crippen LogP contribution in [0.15, 0.2) is 35.2 Å². The summed E-state index contributed by atoms with van der Waals surface area (Å²) in [5, 5.41) is 0. The average molecular weight is 213 g/mol.